The summed E-state index contributed by atoms with van der Waals surface area (Å²) in [5.41, 5.74) is 0. The molecule has 0 radical (unpaired) electrons. The lowest BCUT2D eigenvalue weighted by atomic mass is 10.4. The molecule has 0 heterocycles. The number of carboxylic acids is 1. The van der Waals surface area contributed by atoms with Gasteiger partial charge in [-0.05, 0) is 0 Å². The summed E-state index contributed by atoms with van der Waals surface area (Å²) in [6.45, 7) is 0. The van der Waals surface area contributed by atoms with E-state index in [9.17, 15) is 9.59 Å². The average molecular weight is 114 g/mol. The summed E-state index contributed by atoms with van der Waals surface area (Å²) in [5.74, 6) is -1.02. The normalized spacial score (nSPS) is 9.50. The van der Waals surface area contributed by atoms with E-state index in [2.05, 4.69) is 0 Å². The molecule has 3 heteroatoms. The Morgan fingerprint density at radius 3 is 2.62 bits per heavy atom. The Labute approximate surface area is 46.6 Å². The number of carbonyl (C=O) groups excluding carboxylic acids is 1. The molecule has 0 unspecified atom stereocenters. The van der Waals surface area contributed by atoms with Crippen LogP contribution >= 0.6 is 0 Å². The summed E-state index contributed by atoms with van der Waals surface area (Å²) in [5, 5.41) is 7.94. The van der Waals surface area contributed by atoms with Crippen LogP contribution in [0.4, 0.5) is 0 Å². The van der Waals surface area contributed by atoms with E-state index < -0.39 is 5.97 Å². The number of allylic oxidation sites excluding steroid dienone is 1. The van der Waals surface area contributed by atoms with Crippen molar-refractivity contribution in [1.82, 2.24) is 0 Å². The molecule has 0 aromatic carbocycles. The van der Waals surface area contributed by atoms with Crippen molar-refractivity contribution in [2.24, 2.45) is 0 Å². The van der Waals surface area contributed by atoms with Gasteiger partial charge in [0, 0.05) is 12.5 Å². The second-order valence-electron chi connectivity index (χ2n) is 1.14. The predicted octanol–water partition coefficient (Wildman–Crippen LogP) is 0.216. The number of hydrogen-bond acceptors (Lipinski definition) is 2. The molecule has 0 aliphatic carbocycles. The van der Waals surface area contributed by atoms with Crippen LogP contribution in [0.3, 0.4) is 0 Å². The quantitative estimate of drug-likeness (QED) is 0.421. The molecule has 0 fully saturated rings. The number of hydrogen-bond donors (Lipinski definition) is 1. The van der Waals surface area contributed by atoms with Gasteiger partial charge in [0.2, 0.25) is 0 Å². The molecule has 44 valence electrons. The molecule has 0 saturated heterocycles. The first-order valence-electron chi connectivity index (χ1n) is 2.10. The molecule has 0 aliphatic rings. The minimum absolute atomic E-state index is 0.173. The van der Waals surface area contributed by atoms with Gasteiger partial charge in [0.05, 0.1) is 0 Å². The molecular weight excluding hydrogens is 108 g/mol. The zero-order chi connectivity index (χ0) is 6.41. The van der Waals surface area contributed by atoms with E-state index in [1.807, 2.05) is 0 Å². The van der Waals surface area contributed by atoms with Crippen molar-refractivity contribution >= 4 is 12.3 Å². The van der Waals surface area contributed by atoms with Gasteiger partial charge in [-0.2, -0.15) is 0 Å². The lowest BCUT2D eigenvalue weighted by Crippen LogP contribution is -1.85. The van der Waals surface area contributed by atoms with Crippen molar-refractivity contribution in [2.45, 2.75) is 6.42 Å². The maximum absolute atomic E-state index is 9.67. The van der Waals surface area contributed by atoms with Gasteiger partial charge < -0.3 is 9.90 Å². The smallest absolute Gasteiger partial charge is 0.327 e. The molecule has 0 saturated carbocycles. The van der Waals surface area contributed by atoms with E-state index in [-0.39, 0.29) is 6.42 Å². The van der Waals surface area contributed by atoms with Crippen LogP contribution in [0, 0.1) is 0 Å². The standard InChI is InChI=1S/C5H6O3/c6-4-2-1-3-5(7)8/h1,3-4H,2H2,(H,7,8). The van der Waals surface area contributed by atoms with Crippen LogP contribution in [0.2, 0.25) is 0 Å². The molecule has 3 nitrogen and oxygen atoms in total. The molecule has 0 atom stereocenters. The minimum atomic E-state index is -1.02. The van der Waals surface area contributed by atoms with E-state index in [1.165, 1.54) is 6.08 Å². The van der Waals surface area contributed by atoms with Crippen LogP contribution in [0.15, 0.2) is 12.2 Å². The molecule has 0 aromatic rings. The number of aldehydes is 1. The van der Waals surface area contributed by atoms with Crippen LogP contribution in [0.5, 0.6) is 0 Å². The molecular formula is C5H6O3. The van der Waals surface area contributed by atoms with E-state index in [0.717, 1.165) is 6.08 Å². The van der Waals surface area contributed by atoms with Crippen molar-refractivity contribution in [1.29, 1.82) is 0 Å². The van der Waals surface area contributed by atoms with Crippen LogP contribution in [0.1, 0.15) is 6.42 Å². The zero-order valence-corrected chi connectivity index (χ0v) is 4.20. The van der Waals surface area contributed by atoms with Gasteiger partial charge in [-0.3, -0.25) is 0 Å². The molecule has 0 amide bonds. The first-order valence-corrected chi connectivity index (χ1v) is 2.10. The third-order valence-electron chi connectivity index (χ3n) is 0.493. The Morgan fingerprint density at radius 1 is 1.62 bits per heavy atom. The number of rotatable bonds is 3. The monoisotopic (exact) mass is 114 g/mol. The second-order valence-corrected chi connectivity index (χ2v) is 1.14. The fourth-order valence-corrected chi connectivity index (χ4v) is 0.224. The highest BCUT2D eigenvalue weighted by Gasteiger charge is 1.81. The SMILES string of the molecule is O=CCC=CC(=O)O. The lowest BCUT2D eigenvalue weighted by molar-refractivity contribution is -0.131. The van der Waals surface area contributed by atoms with Gasteiger partial charge in [0.25, 0.3) is 0 Å². The Morgan fingerprint density at radius 2 is 2.25 bits per heavy atom. The molecule has 1 N–H and O–H groups in total. The first-order chi connectivity index (χ1) is 3.77. The molecule has 0 rings (SSSR count). The number of carboxylic acid groups (broad SMARTS) is 1. The van der Waals surface area contributed by atoms with Gasteiger partial charge in [-0.25, -0.2) is 4.79 Å². The average Bonchev–Trinajstić information content (AvgIpc) is 1.66. The maximum Gasteiger partial charge on any atom is 0.327 e. The molecule has 0 aromatic heterocycles. The third-order valence-corrected chi connectivity index (χ3v) is 0.493. The van der Waals surface area contributed by atoms with Gasteiger partial charge in [0.15, 0.2) is 0 Å². The summed E-state index contributed by atoms with van der Waals surface area (Å²) in [6.07, 6.45) is 3.04. The summed E-state index contributed by atoms with van der Waals surface area (Å²) in [6, 6.07) is 0. The van der Waals surface area contributed by atoms with Crippen LogP contribution < -0.4 is 0 Å². The Kier molecular flexibility index (Phi) is 3.48. The van der Waals surface area contributed by atoms with E-state index in [4.69, 9.17) is 5.11 Å². The maximum atomic E-state index is 9.67. The first kappa shape index (κ1) is 6.88. The highest BCUT2D eigenvalue weighted by molar-refractivity contribution is 5.80. The van der Waals surface area contributed by atoms with Gasteiger partial charge >= 0.3 is 5.97 Å². The lowest BCUT2D eigenvalue weighted by Gasteiger charge is -1.73. The van der Waals surface area contributed by atoms with Crippen molar-refractivity contribution < 1.29 is 14.7 Å². The van der Waals surface area contributed by atoms with E-state index >= 15 is 0 Å². The van der Waals surface area contributed by atoms with Crippen LogP contribution in [-0.4, -0.2) is 17.4 Å². The van der Waals surface area contributed by atoms with Crippen molar-refractivity contribution in [3.63, 3.8) is 0 Å². The van der Waals surface area contributed by atoms with Gasteiger partial charge in [-0.15, -0.1) is 0 Å². The zero-order valence-electron chi connectivity index (χ0n) is 4.20. The second kappa shape index (κ2) is 4.05. The largest absolute Gasteiger partial charge is 0.478 e. The Bertz CT molecular complexity index is 115. The molecule has 8 heavy (non-hydrogen) atoms. The molecule has 0 aliphatic heterocycles. The summed E-state index contributed by atoms with van der Waals surface area (Å²) >= 11 is 0. The van der Waals surface area contributed by atoms with E-state index in [0.29, 0.717) is 6.29 Å². The van der Waals surface area contributed by atoms with Crippen LogP contribution in [-0.2, 0) is 9.59 Å². The van der Waals surface area contributed by atoms with E-state index in [1.54, 1.807) is 0 Å². The highest BCUT2D eigenvalue weighted by Crippen LogP contribution is 1.75. The van der Waals surface area contributed by atoms with Gasteiger partial charge in [0.1, 0.15) is 6.29 Å². The minimum Gasteiger partial charge on any atom is -0.478 e. The Balaban J connectivity index is 3.34. The highest BCUT2D eigenvalue weighted by atomic mass is 16.4. The summed E-state index contributed by atoms with van der Waals surface area (Å²) in [7, 11) is 0. The fourth-order valence-electron chi connectivity index (χ4n) is 0.224. The molecule has 0 bridgehead atoms. The fraction of sp³-hybridized carbons (Fsp3) is 0.200. The van der Waals surface area contributed by atoms with Crippen molar-refractivity contribution in [3.8, 4) is 0 Å². The Hall–Kier alpha value is -1.12. The number of aliphatic carboxylic acids is 1. The summed E-state index contributed by atoms with van der Waals surface area (Å²) in [4.78, 5) is 19.2. The number of carbonyl (C=O) groups is 2. The molecule has 0 spiro atoms. The van der Waals surface area contributed by atoms with Crippen molar-refractivity contribution in [3.05, 3.63) is 12.2 Å². The third kappa shape index (κ3) is 4.88. The van der Waals surface area contributed by atoms with Crippen LogP contribution in [0.25, 0.3) is 0 Å². The predicted molar refractivity (Wildman–Crippen MR) is 27.5 cm³/mol. The van der Waals surface area contributed by atoms with Crippen molar-refractivity contribution in [2.75, 3.05) is 0 Å². The summed E-state index contributed by atoms with van der Waals surface area (Å²) < 4.78 is 0. The topological polar surface area (TPSA) is 54.4 Å². The van der Waals surface area contributed by atoms with Gasteiger partial charge in [-0.1, -0.05) is 6.08 Å².